The van der Waals surface area contributed by atoms with Gasteiger partial charge >= 0.3 is 0 Å². The van der Waals surface area contributed by atoms with Gasteiger partial charge in [0.15, 0.2) is 11.2 Å². The summed E-state index contributed by atoms with van der Waals surface area (Å²) in [6.07, 6.45) is 1.86. The summed E-state index contributed by atoms with van der Waals surface area (Å²) in [5.74, 6) is -0.490. The zero-order valence-electron chi connectivity index (χ0n) is 17.4. The van der Waals surface area contributed by atoms with E-state index in [0.29, 0.717) is 29.7 Å². The molecule has 2 amide bonds. The van der Waals surface area contributed by atoms with Crippen LogP contribution in [0.15, 0.2) is 70.0 Å². The van der Waals surface area contributed by atoms with Crippen molar-refractivity contribution < 1.29 is 14.0 Å². The molecular formula is C24H23N3O4. The molecule has 0 fully saturated rings. The Balaban J connectivity index is 1.55. The largest absolute Gasteiger partial charge is 0.451 e. The van der Waals surface area contributed by atoms with Crippen LogP contribution in [0.4, 0.5) is 5.69 Å². The second kappa shape index (κ2) is 8.47. The molecule has 0 atom stereocenters. The van der Waals surface area contributed by atoms with Crippen molar-refractivity contribution in [2.24, 2.45) is 0 Å². The molecule has 0 aliphatic rings. The van der Waals surface area contributed by atoms with Crippen LogP contribution >= 0.6 is 0 Å². The number of carbonyl (C=O) groups excluding carboxylic acids is 2. The molecule has 0 bridgehead atoms. The van der Waals surface area contributed by atoms with E-state index in [0.717, 1.165) is 10.9 Å². The first-order chi connectivity index (χ1) is 15.0. The van der Waals surface area contributed by atoms with Gasteiger partial charge in [0.05, 0.1) is 5.39 Å². The SMILES string of the molecule is CCN(CC)C(=O)Cn1ccc2cc(NC(=O)c3cc(=O)c4ccccc4o3)ccc21. The van der Waals surface area contributed by atoms with Gasteiger partial charge in [-0.05, 0) is 50.2 Å². The molecule has 31 heavy (non-hydrogen) atoms. The van der Waals surface area contributed by atoms with Gasteiger partial charge in [0, 0.05) is 41.9 Å². The molecular weight excluding hydrogens is 394 g/mol. The molecule has 0 saturated heterocycles. The van der Waals surface area contributed by atoms with E-state index >= 15 is 0 Å². The summed E-state index contributed by atoms with van der Waals surface area (Å²) < 4.78 is 7.49. The van der Waals surface area contributed by atoms with Crippen molar-refractivity contribution in [2.45, 2.75) is 20.4 Å². The standard InChI is InChI=1S/C24H23N3O4/c1-3-26(4-2)23(29)15-27-12-11-16-13-17(9-10-19(16)27)25-24(30)22-14-20(28)18-7-5-6-8-21(18)31-22/h5-14H,3-4,15H2,1-2H3,(H,25,30). The number of nitrogens with one attached hydrogen (secondary N) is 1. The van der Waals surface area contributed by atoms with E-state index in [1.54, 1.807) is 35.2 Å². The van der Waals surface area contributed by atoms with Gasteiger partial charge in [-0.15, -0.1) is 0 Å². The first-order valence-electron chi connectivity index (χ1n) is 10.2. The van der Waals surface area contributed by atoms with Gasteiger partial charge in [-0.2, -0.15) is 0 Å². The van der Waals surface area contributed by atoms with E-state index in [2.05, 4.69) is 5.32 Å². The van der Waals surface area contributed by atoms with Gasteiger partial charge < -0.3 is 19.2 Å². The highest BCUT2D eigenvalue weighted by Gasteiger charge is 2.14. The van der Waals surface area contributed by atoms with Crippen LogP contribution in [0.5, 0.6) is 0 Å². The van der Waals surface area contributed by atoms with Gasteiger partial charge in [-0.3, -0.25) is 14.4 Å². The van der Waals surface area contributed by atoms with Gasteiger partial charge in [-0.25, -0.2) is 0 Å². The van der Waals surface area contributed by atoms with Crippen LogP contribution in [0.2, 0.25) is 0 Å². The van der Waals surface area contributed by atoms with Crippen LogP contribution in [-0.4, -0.2) is 34.4 Å². The van der Waals surface area contributed by atoms with Crippen molar-refractivity contribution in [3.63, 3.8) is 0 Å². The molecule has 7 heteroatoms. The third-order valence-corrected chi connectivity index (χ3v) is 5.31. The van der Waals surface area contributed by atoms with Crippen LogP contribution < -0.4 is 10.7 Å². The molecule has 0 aliphatic heterocycles. The molecule has 0 unspecified atom stereocenters. The number of likely N-dealkylation sites (N-methyl/N-ethyl adjacent to an activating group) is 1. The number of fused-ring (bicyclic) bond motifs is 2. The normalized spacial score (nSPS) is 11.0. The summed E-state index contributed by atoms with van der Waals surface area (Å²) >= 11 is 0. The fraction of sp³-hybridized carbons (Fsp3) is 0.208. The maximum Gasteiger partial charge on any atom is 0.291 e. The van der Waals surface area contributed by atoms with Crippen molar-refractivity contribution in [3.05, 3.63) is 76.8 Å². The molecule has 2 aromatic heterocycles. The average Bonchev–Trinajstić information content (AvgIpc) is 3.16. The Labute approximate surface area is 178 Å². The highest BCUT2D eigenvalue weighted by molar-refractivity contribution is 6.04. The summed E-state index contributed by atoms with van der Waals surface area (Å²) in [5.41, 5.74) is 1.57. The lowest BCUT2D eigenvalue weighted by molar-refractivity contribution is -0.131. The summed E-state index contributed by atoms with van der Waals surface area (Å²) in [7, 11) is 0. The van der Waals surface area contributed by atoms with Crippen molar-refractivity contribution in [1.29, 1.82) is 0 Å². The third kappa shape index (κ3) is 4.07. The Hall–Kier alpha value is -3.87. The maximum absolute atomic E-state index is 12.6. The lowest BCUT2D eigenvalue weighted by atomic mass is 10.2. The monoisotopic (exact) mass is 417 g/mol. The second-order valence-electron chi connectivity index (χ2n) is 7.21. The van der Waals surface area contributed by atoms with Gasteiger partial charge in [0.1, 0.15) is 12.1 Å². The van der Waals surface area contributed by atoms with E-state index in [-0.39, 0.29) is 23.6 Å². The number of nitrogens with zero attached hydrogens (tertiary/aromatic N) is 2. The summed E-state index contributed by atoms with van der Waals surface area (Å²) in [6, 6.07) is 15.3. The van der Waals surface area contributed by atoms with Crippen LogP contribution in [0.3, 0.4) is 0 Å². The lowest BCUT2D eigenvalue weighted by Crippen LogP contribution is -2.33. The smallest absolute Gasteiger partial charge is 0.291 e. The predicted octanol–water partition coefficient (Wildman–Crippen LogP) is 3.87. The minimum absolute atomic E-state index is 0.0498. The van der Waals surface area contributed by atoms with Crippen molar-refractivity contribution in [1.82, 2.24) is 9.47 Å². The number of para-hydroxylation sites is 1. The number of rotatable bonds is 6. The fourth-order valence-corrected chi connectivity index (χ4v) is 3.65. The number of anilines is 1. The first kappa shape index (κ1) is 20.4. The number of hydrogen-bond acceptors (Lipinski definition) is 4. The quantitative estimate of drug-likeness (QED) is 0.516. The number of benzene rings is 2. The number of carbonyl (C=O) groups is 2. The van der Waals surface area contributed by atoms with Crippen molar-refractivity contribution >= 4 is 39.4 Å². The van der Waals surface area contributed by atoms with Crippen LogP contribution in [0.1, 0.15) is 24.4 Å². The van der Waals surface area contributed by atoms with Gasteiger partial charge in [-0.1, -0.05) is 12.1 Å². The molecule has 0 saturated carbocycles. The molecule has 2 aromatic carbocycles. The topological polar surface area (TPSA) is 84.5 Å². The van der Waals surface area contributed by atoms with Crippen LogP contribution in [-0.2, 0) is 11.3 Å². The van der Waals surface area contributed by atoms with E-state index < -0.39 is 5.91 Å². The van der Waals surface area contributed by atoms with Gasteiger partial charge in [0.25, 0.3) is 5.91 Å². The molecule has 1 N–H and O–H groups in total. The lowest BCUT2D eigenvalue weighted by Gasteiger charge is -2.19. The summed E-state index contributed by atoms with van der Waals surface area (Å²) in [6.45, 7) is 5.54. The molecule has 0 radical (unpaired) electrons. The van der Waals surface area contributed by atoms with Crippen LogP contribution in [0, 0.1) is 0 Å². The third-order valence-electron chi connectivity index (χ3n) is 5.31. The number of hydrogen-bond donors (Lipinski definition) is 1. The molecule has 0 aliphatic carbocycles. The molecule has 158 valence electrons. The molecule has 4 aromatic rings. The predicted molar refractivity (Wildman–Crippen MR) is 120 cm³/mol. The molecule has 4 rings (SSSR count). The molecule has 2 heterocycles. The van der Waals surface area contributed by atoms with Gasteiger partial charge in [0.2, 0.25) is 5.91 Å². The Bertz CT molecular complexity index is 1330. The van der Waals surface area contributed by atoms with E-state index in [9.17, 15) is 14.4 Å². The second-order valence-corrected chi connectivity index (χ2v) is 7.21. The minimum atomic E-state index is -0.502. The van der Waals surface area contributed by atoms with E-state index in [1.165, 1.54) is 6.07 Å². The summed E-state index contributed by atoms with van der Waals surface area (Å²) in [4.78, 5) is 39.1. The van der Waals surface area contributed by atoms with Crippen molar-refractivity contribution in [3.8, 4) is 0 Å². The van der Waals surface area contributed by atoms with E-state index in [4.69, 9.17) is 4.42 Å². The zero-order valence-corrected chi connectivity index (χ0v) is 17.4. The molecule has 0 spiro atoms. The Kier molecular flexibility index (Phi) is 5.58. The Morgan fingerprint density at radius 1 is 1.03 bits per heavy atom. The first-order valence-corrected chi connectivity index (χ1v) is 10.2. The fourth-order valence-electron chi connectivity index (χ4n) is 3.65. The molecule has 7 nitrogen and oxygen atoms in total. The minimum Gasteiger partial charge on any atom is -0.451 e. The highest BCUT2D eigenvalue weighted by atomic mass is 16.3. The number of aromatic nitrogens is 1. The van der Waals surface area contributed by atoms with Crippen molar-refractivity contribution in [2.75, 3.05) is 18.4 Å². The zero-order chi connectivity index (χ0) is 22.0. The number of amides is 2. The Morgan fingerprint density at radius 3 is 2.58 bits per heavy atom. The van der Waals surface area contributed by atoms with Crippen LogP contribution in [0.25, 0.3) is 21.9 Å². The Morgan fingerprint density at radius 2 is 1.81 bits per heavy atom. The highest BCUT2D eigenvalue weighted by Crippen LogP contribution is 2.22. The van der Waals surface area contributed by atoms with E-state index in [1.807, 2.05) is 42.8 Å². The summed E-state index contributed by atoms with van der Waals surface area (Å²) in [5, 5.41) is 4.10. The average molecular weight is 417 g/mol. The maximum atomic E-state index is 12.6.